The molecule has 0 saturated carbocycles. The van der Waals surface area contributed by atoms with Gasteiger partial charge in [-0.1, -0.05) is 0 Å². The number of terminal acetylenes is 1. The van der Waals surface area contributed by atoms with Gasteiger partial charge in [0.2, 0.25) is 0 Å². The highest BCUT2D eigenvalue weighted by atomic mass is 19.1. The van der Waals surface area contributed by atoms with Crippen molar-refractivity contribution in [2.45, 2.75) is 13.0 Å². The molecular formula is C12H12FNO2. The van der Waals surface area contributed by atoms with Gasteiger partial charge in [0.15, 0.2) is 0 Å². The van der Waals surface area contributed by atoms with Crippen LogP contribution in [0, 0.1) is 18.2 Å². The first kappa shape index (κ1) is 12.2. The molecule has 0 aromatic heterocycles. The molecule has 4 heteroatoms. The number of hydrogen-bond acceptors (Lipinski definition) is 2. The van der Waals surface area contributed by atoms with E-state index in [4.69, 9.17) is 11.5 Å². The van der Waals surface area contributed by atoms with Gasteiger partial charge in [-0.05, 0) is 18.2 Å². The molecule has 2 N–H and O–H groups in total. The molecule has 0 aliphatic carbocycles. The Morgan fingerprint density at radius 3 is 2.94 bits per heavy atom. The molecule has 1 aromatic carbocycles. The summed E-state index contributed by atoms with van der Waals surface area (Å²) < 4.78 is 13.3. The van der Waals surface area contributed by atoms with Gasteiger partial charge in [-0.25, -0.2) is 9.18 Å². The molecule has 84 valence electrons. The van der Waals surface area contributed by atoms with Crippen molar-refractivity contribution in [2.24, 2.45) is 0 Å². The van der Waals surface area contributed by atoms with Crippen molar-refractivity contribution in [3.63, 3.8) is 0 Å². The fourth-order valence-electron chi connectivity index (χ4n) is 1.23. The predicted octanol–water partition coefficient (Wildman–Crippen LogP) is 1.64. The van der Waals surface area contributed by atoms with Crippen LogP contribution in [0.2, 0.25) is 0 Å². The summed E-state index contributed by atoms with van der Waals surface area (Å²) in [5, 5.41) is 11.7. The van der Waals surface area contributed by atoms with Crippen LogP contribution >= 0.6 is 0 Å². The highest BCUT2D eigenvalue weighted by Gasteiger charge is 2.07. The van der Waals surface area contributed by atoms with Crippen molar-refractivity contribution < 1.29 is 14.3 Å². The molecule has 0 amide bonds. The molecule has 0 aliphatic heterocycles. The maximum Gasteiger partial charge on any atom is 0.335 e. The van der Waals surface area contributed by atoms with Crippen LogP contribution in [0.15, 0.2) is 18.2 Å². The lowest BCUT2D eigenvalue weighted by Gasteiger charge is -2.05. The van der Waals surface area contributed by atoms with E-state index in [1.165, 1.54) is 12.1 Å². The highest BCUT2D eigenvalue weighted by Crippen LogP contribution is 2.10. The van der Waals surface area contributed by atoms with Crippen LogP contribution in [0.5, 0.6) is 0 Å². The number of hydrogen-bond donors (Lipinski definition) is 2. The average Bonchev–Trinajstić information content (AvgIpc) is 2.26. The van der Waals surface area contributed by atoms with E-state index in [2.05, 4.69) is 11.2 Å². The number of benzene rings is 1. The van der Waals surface area contributed by atoms with Crippen LogP contribution in [0.25, 0.3) is 0 Å². The monoisotopic (exact) mass is 221 g/mol. The third-order valence-corrected chi connectivity index (χ3v) is 2.05. The van der Waals surface area contributed by atoms with Crippen LogP contribution in [0.1, 0.15) is 22.3 Å². The Balaban J connectivity index is 2.67. The van der Waals surface area contributed by atoms with Gasteiger partial charge in [-0.3, -0.25) is 0 Å². The molecule has 0 radical (unpaired) electrons. The van der Waals surface area contributed by atoms with Crippen LogP contribution in [-0.4, -0.2) is 17.6 Å². The zero-order chi connectivity index (χ0) is 12.0. The second kappa shape index (κ2) is 5.89. The fourth-order valence-corrected chi connectivity index (χ4v) is 1.23. The minimum absolute atomic E-state index is 0.0788. The van der Waals surface area contributed by atoms with Gasteiger partial charge < -0.3 is 10.4 Å². The Labute approximate surface area is 93.3 Å². The van der Waals surface area contributed by atoms with Gasteiger partial charge in [0.05, 0.1) is 5.56 Å². The molecule has 0 aliphatic rings. The molecule has 0 spiro atoms. The molecule has 0 heterocycles. The van der Waals surface area contributed by atoms with Crippen molar-refractivity contribution in [2.75, 3.05) is 6.54 Å². The Morgan fingerprint density at radius 1 is 1.56 bits per heavy atom. The quantitative estimate of drug-likeness (QED) is 0.587. The summed E-state index contributed by atoms with van der Waals surface area (Å²) in [4.78, 5) is 10.7. The SMILES string of the molecule is C#CCCNCc1cc(C(=O)O)ccc1F. The Kier molecular flexibility index (Phi) is 4.49. The van der Waals surface area contributed by atoms with Crippen molar-refractivity contribution in [1.29, 1.82) is 0 Å². The molecule has 16 heavy (non-hydrogen) atoms. The van der Waals surface area contributed by atoms with E-state index in [0.717, 1.165) is 6.07 Å². The molecule has 0 unspecified atom stereocenters. The predicted molar refractivity (Wildman–Crippen MR) is 58.5 cm³/mol. The maximum atomic E-state index is 13.3. The molecule has 1 aromatic rings. The Hall–Kier alpha value is -1.86. The number of nitrogens with one attached hydrogen (secondary N) is 1. The van der Waals surface area contributed by atoms with E-state index in [0.29, 0.717) is 18.5 Å². The van der Waals surface area contributed by atoms with Crippen molar-refractivity contribution >= 4 is 5.97 Å². The van der Waals surface area contributed by atoms with Crippen LogP contribution in [0.3, 0.4) is 0 Å². The summed E-state index contributed by atoms with van der Waals surface area (Å²) in [5.41, 5.74) is 0.409. The van der Waals surface area contributed by atoms with E-state index in [1.807, 2.05) is 0 Å². The lowest BCUT2D eigenvalue weighted by molar-refractivity contribution is 0.0696. The summed E-state index contributed by atoms with van der Waals surface area (Å²) in [5.74, 6) is 0.965. The van der Waals surface area contributed by atoms with Crippen molar-refractivity contribution in [3.8, 4) is 12.3 Å². The van der Waals surface area contributed by atoms with Crippen molar-refractivity contribution in [1.82, 2.24) is 5.32 Å². The number of rotatable bonds is 5. The Bertz CT molecular complexity index is 424. The summed E-state index contributed by atoms with van der Waals surface area (Å²) in [6.45, 7) is 0.849. The molecule has 0 saturated heterocycles. The van der Waals surface area contributed by atoms with E-state index in [-0.39, 0.29) is 12.1 Å². The topological polar surface area (TPSA) is 49.3 Å². The van der Waals surface area contributed by atoms with Crippen LogP contribution in [-0.2, 0) is 6.54 Å². The van der Waals surface area contributed by atoms with Gasteiger partial charge in [-0.2, -0.15) is 0 Å². The molecular weight excluding hydrogens is 209 g/mol. The summed E-state index contributed by atoms with van der Waals surface area (Å²) >= 11 is 0. The smallest absolute Gasteiger partial charge is 0.335 e. The number of halogens is 1. The molecule has 0 fully saturated rings. The second-order valence-electron chi connectivity index (χ2n) is 3.24. The largest absolute Gasteiger partial charge is 0.478 e. The lowest BCUT2D eigenvalue weighted by Crippen LogP contribution is -2.15. The third kappa shape index (κ3) is 3.37. The van der Waals surface area contributed by atoms with E-state index in [9.17, 15) is 9.18 Å². The van der Waals surface area contributed by atoms with Gasteiger partial charge in [0.25, 0.3) is 0 Å². The summed E-state index contributed by atoms with van der Waals surface area (Å²) in [6, 6.07) is 3.71. The first-order valence-electron chi connectivity index (χ1n) is 4.81. The van der Waals surface area contributed by atoms with Gasteiger partial charge in [0.1, 0.15) is 5.82 Å². The fraction of sp³-hybridized carbons (Fsp3) is 0.250. The number of aromatic carboxylic acids is 1. The summed E-state index contributed by atoms with van der Waals surface area (Å²) in [6.07, 6.45) is 5.62. The number of carboxylic acid groups (broad SMARTS) is 1. The normalized spacial score (nSPS) is 9.75. The molecule has 0 atom stereocenters. The molecule has 3 nitrogen and oxygen atoms in total. The molecule has 1 rings (SSSR count). The van der Waals surface area contributed by atoms with E-state index >= 15 is 0 Å². The lowest BCUT2D eigenvalue weighted by atomic mass is 10.1. The second-order valence-corrected chi connectivity index (χ2v) is 3.24. The average molecular weight is 221 g/mol. The molecule has 0 bridgehead atoms. The standard InChI is InChI=1S/C12H12FNO2/c1-2-3-6-14-8-10-7-9(12(15)16)4-5-11(10)13/h1,4-5,7,14H,3,6,8H2,(H,15,16). The summed E-state index contributed by atoms with van der Waals surface area (Å²) in [7, 11) is 0. The van der Waals surface area contributed by atoms with E-state index in [1.54, 1.807) is 0 Å². The Morgan fingerprint density at radius 2 is 2.31 bits per heavy atom. The minimum Gasteiger partial charge on any atom is -0.478 e. The van der Waals surface area contributed by atoms with Gasteiger partial charge >= 0.3 is 5.97 Å². The van der Waals surface area contributed by atoms with Crippen molar-refractivity contribution in [3.05, 3.63) is 35.1 Å². The van der Waals surface area contributed by atoms with Gasteiger partial charge in [0, 0.05) is 25.1 Å². The zero-order valence-corrected chi connectivity index (χ0v) is 8.66. The number of carboxylic acids is 1. The van der Waals surface area contributed by atoms with E-state index < -0.39 is 11.8 Å². The minimum atomic E-state index is -1.06. The first-order chi connectivity index (χ1) is 7.65. The maximum absolute atomic E-state index is 13.3. The van der Waals surface area contributed by atoms with Crippen LogP contribution in [0.4, 0.5) is 4.39 Å². The zero-order valence-electron chi connectivity index (χ0n) is 8.66. The third-order valence-electron chi connectivity index (χ3n) is 2.05. The highest BCUT2D eigenvalue weighted by molar-refractivity contribution is 5.87. The number of carbonyl (C=O) groups is 1. The van der Waals surface area contributed by atoms with Crippen LogP contribution < -0.4 is 5.32 Å². The van der Waals surface area contributed by atoms with Gasteiger partial charge in [-0.15, -0.1) is 12.3 Å². The first-order valence-corrected chi connectivity index (χ1v) is 4.81.